The zero-order chi connectivity index (χ0) is 13.9. The minimum absolute atomic E-state index is 0.225. The van der Waals surface area contributed by atoms with Crippen LogP contribution in [0.1, 0.15) is 6.92 Å². The Morgan fingerprint density at radius 3 is 2.83 bits per heavy atom. The third-order valence-electron chi connectivity index (χ3n) is 2.57. The molecule has 1 rings (SSSR count). The monoisotopic (exact) mass is 256 g/mol. The molecule has 8 nitrogen and oxygen atoms in total. The Morgan fingerprint density at radius 2 is 2.33 bits per heavy atom. The maximum atomic E-state index is 11.3. The number of aromatic nitrogens is 2. The number of carbonyl (C=O) groups excluding carboxylic acids is 1. The maximum Gasteiger partial charge on any atom is 0.406 e. The number of anilines is 1. The van der Waals surface area contributed by atoms with Crippen molar-refractivity contribution in [2.24, 2.45) is 13.0 Å². The molecular formula is C10H16N4O4. The second kappa shape index (κ2) is 5.48. The summed E-state index contributed by atoms with van der Waals surface area (Å²) in [6.45, 7) is 2.01. The molecule has 1 aromatic heterocycles. The molecule has 1 atom stereocenters. The molecule has 8 heteroatoms. The average molecular weight is 256 g/mol. The van der Waals surface area contributed by atoms with Crippen molar-refractivity contribution in [2.45, 2.75) is 6.92 Å². The van der Waals surface area contributed by atoms with E-state index in [-0.39, 0.29) is 17.7 Å². The topological polar surface area (TPSA) is 90.5 Å². The lowest BCUT2D eigenvalue weighted by atomic mass is 10.2. The molecule has 0 spiro atoms. The van der Waals surface area contributed by atoms with Crippen LogP contribution < -0.4 is 4.90 Å². The van der Waals surface area contributed by atoms with Gasteiger partial charge < -0.3 is 19.8 Å². The molecule has 0 radical (unpaired) electrons. The lowest BCUT2D eigenvalue weighted by Crippen LogP contribution is -2.30. The van der Waals surface area contributed by atoms with Crippen LogP contribution in [0.5, 0.6) is 0 Å². The minimum atomic E-state index is -0.547. The van der Waals surface area contributed by atoms with Crippen LogP contribution in [0.4, 0.5) is 11.6 Å². The number of imidazole rings is 1. The van der Waals surface area contributed by atoms with Gasteiger partial charge in [0.1, 0.15) is 0 Å². The van der Waals surface area contributed by atoms with E-state index < -0.39 is 4.92 Å². The molecule has 0 saturated heterocycles. The summed E-state index contributed by atoms with van der Waals surface area (Å²) in [4.78, 5) is 26.9. The maximum absolute atomic E-state index is 11.3. The summed E-state index contributed by atoms with van der Waals surface area (Å²) in [6.07, 6.45) is 1.37. The summed E-state index contributed by atoms with van der Waals surface area (Å²) in [5, 5.41) is 10.8. The van der Waals surface area contributed by atoms with Gasteiger partial charge in [-0.1, -0.05) is 6.92 Å². The highest BCUT2D eigenvalue weighted by Crippen LogP contribution is 2.25. The Kier molecular flexibility index (Phi) is 4.24. The van der Waals surface area contributed by atoms with Crippen LogP contribution in [0.2, 0.25) is 0 Å². The number of esters is 1. The van der Waals surface area contributed by atoms with Crippen LogP contribution in [-0.4, -0.2) is 41.1 Å². The van der Waals surface area contributed by atoms with Gasteiger partial charge in [0.25, 0.3) is 0 Å². The lowest BCUT2D eigenvalue weighted by molar-refractivity contribution is -0.388. The molecule has 0 amide bonds. The highest BCUT2D eigenvalue weighted by Gasteiger charge is 2.26. The summed E-state index contributed by atoms with van der Waals surface area (Å²) in [5.74, 6) is -0.603. The fourth-order valence-corrected chi connectivity index (χ4v) is 1.75. The van der Waals surface area contributed by atoms with Gasteiger partial charge in [0.05, 0.1) is 13.0 Å². The minimum Gasteiger partial charge on any atom is -0.469 e. The Morgan fingerprint density at radius 1 is 1.72 bits per heavy atom. The Hall–Kier alpha value is -2.12. The van der Waals surface area contributed by atoms with Crippen molar-refractivity contribution in [2.75, 3.05) is 25.6 Å². The van der Waals surface area contributed by atoms with Gasteiger partial charge in [0.15, 0.2) is 0 Å². The van der Waals surface area contributed by atoms with Crippen LogP contribution in [-0.2, 0) is 16.6 Å². The first-order valence-electron chi connectivity index (χ1n) is 5.33. The molecule has 0 saturated carbocycles. The summed E-state index contributed by atoms with van der Waals surface area (Å²) in [7, 11) is 4.64. The number of carbonyl (C=O) groups is 1. The quantitative estimate of drug-likeness (QED) is 0.434. The molecule has 100 valence electrons. The van der Waals surface area contributed by atoms with Crippen molar-refractivity contribution in [3.63, 3.8) is 0 Å². The van der Waals surface area contributed by atoms with Crippen molar-refractivity contribution in [3.8, 4) is 0 Å². The number of nitro groups is 1. The Bertz CT molecular complexity index is 457. The van der Waals surface area contributed by atoms with E-state index >= 15 is 0 Å². The van der Waals surface area contributed by atoms with E-state index in [2.05, 4.69) is 9.72 Å². The predicted octanol–water partition coefficient (Wildman–Crippen LogP) is 0.574. The molecule has 0 aliphatic rings. The van der Waals surface area contributed by atoms with Crippen molar-refractivity contribution in [1.29, 1.82) is 0 Å². The van der Waals surface area contributed by atoms with Gasteiger partial charge in [-0.15, -0.1) is 0 Å². The largest absolute Gasteiger partial charge is 0.469 e. The number of methoxy groups -OCH3 is 1. The van der Waals surface area contributed by atoms with Gasteiger partial charge in [-0.05, 0) is 9.91 Å². The van der Waals surface area contributed by atoms with Crippen LogP contribution in [0.25, 0.3) is 0 Å². The zero-order valence-electron chi connectivity index (χ0n) is 10.8. The highest BCUT2D eigenvalue weighted by molar-refractivity contribution is 5.72. The third kappa shape index (κ3) is 2.76. The van der Waals surface area contributed by atoms with Crippen molar-refractivity contribution < 1.29 is 14.5 Å². The number of aryl methyl sites for hydroxylation is 1. The molecule has 18 heavy (non-hydrogen) atoms. The van der Waals surface area contributed by atoms with E-state index in [9.17, 15) is 14.9 Å². The first-order valence-corrected chi connectivity index (χ1v) is 5.33. The third-order valence-corrected chi connectivity index (χ3v) is 2.57. The number of rotatable bonds is 5. The van der Waals surface area contributed by atoms with Gasteiger partial charge in [-0.3, -0.25) is 9.36 Å². The summed E-state index contributed by atoms with van der Waals surface area (Å²) < 4.78 is 6.16. The first-order chi connectivity index (χ1) is 8.38. The summed E-state index contributed by atoms with van der Waals surface area (Å²) in [5.41, 5.74) is 0. The van der Waals surface area contributed by atoms with Crippen LogP contribution in [0.15, 0.2) is 6.33 Å². The van der Waals surface area contributed by atoms with Crippen LogP contribution in [0, 0.1) is 16.0 Å². The van der Waals surface area contributed by atoms with E-state index in [0.717, 1.165) is 0 Å². The molecular weight excluding hydrogens is 240 g/mol. The second-order valence-electron chi connectivity index (χ2n) is 4.06. The van der Waals surface area contributed by atoms with Crippen molar-refractivity contribution >= 4 is 17.6 Å². The van der Waals surface area contributed by atoms with Crippen molar-refractivity contribution in [1.82, 2.24) is 9.55 Å². The van der Waals surface area contributed by atoms with Gasteiger partial charge >= 0.3 is 11.8 Å². The molecule has 0 aliphatic carbocycles. The van der Waals surface area contributed by atoms with Gasteiger partial charge in [0, 0.05) is 20.6 Å². The molecule has 1 aromatic rings. The SMILES string of the molecule is COC(=O)C(C)CN(C)c1c([N+](=O)[O-])ncn1C. The van der Waals surface area contributed by atoms with E-state index in [4.69, 9.17) is 0 Å². The average Bonchev–Trinajstić information content (AvgIpc) is 2.69. The Labute approximate surface area is 104 Å². The normalized spacial score (nSPS) is 12.0. The van der Waals surface area contributed by atoms with Crippen LogP contribution in [0.3, 0.4) is 0 Å². The van der Waals surface area contributed by atoms with Crippen LogP contribution >= 0.6 is 0 Å². The fraction of sp³-hybridized carbons (Fsp3) is 0.600. The number of hydrogen-bond acceptors (Lipinski definition) is 6. The number of ether oxygens (including phenoxy) is 1. The van der Waals surface area contributed by atoms with Gasteiger partial charge in [-0.2, -0.15) is 0 Å². The predicted molar refractivity (Wildman–Crippen MR) is 64.3 cm³/mol. The molecule has 0 aromatic carbocycles. The second-order valence-corrected chi connectivity index (χ2v) is 4.06. The molecule has 1 heterocycles. The van der Waals surface area contributed by atoms with E-state index in [0.29, 0.717) is 12.4 Å². The van der Waals surface area contributed by atoms with Crippen molar-refractivity contribution in [3.05, 3.63) is 16.4 Å². The van der Waals surface area contributed by atoms with E-state index in [1.807, 2.05) is 0 Å². The summed E-state index contributed by atoms with van der Waals surface area (Å²) >= 11 is 0. The fourth-order valence-electron chi connectivity index (χ4n) is 1.75. The van der Waals surface area contributed by atoms with Gasteiger partial charge in [0.2, 0.25) is 12.1 Å². The molecule has 0 N–H and O–H groups in total. The molecule has 0 aliphatic heterocycles. The van der Waals surface area contributed by atoms with Gasteiger partial charge in [-0.25, -0.2) is 0 Å². The Balaban J connectivity index is 2.90. The highest BCUT2D eigenvalue weighted by atomic mass is 16.6. The standard InChI is InChI=1S/C10H16N4O4/c1-7(10(15)18-4)5-12(2)9-8(14(16)17)11-6-13(9)3/h6-7H,5H2,1-4H3. The van der Waals surface area contributed by atoms with E-state index in [1.54, 1.807) is 30.5 Å². The summed E-state index contributed by atoms with van der Waals surface area (Å²) in [6, 6.07) is 0. The zero-order valence-corrected chi connectivity index (χ0v) is 10.8. The number of nitrogens with zero attached hydrogens (tertiary/aromatic N) is 4. The lowest BCUT2D eigenvalue weighted by Gasteiger charge is -2.21. The first kappa shape index (κ1) is 13.9. The van der Waals surface area contributed by atoms with E-state index in [1.165, 1.54) is 13.4 Å². The smallest absolute Gasteiger partial charge is 0.406 e. The molecule has 0 fully saturated rings. The molecule has 1 unspecified atom stereocenters. The number of hydrogen-bond donors (Lipinski definition) is 0. The molecule has 0 bridgehead atoms.